The molecule has 9 nitrogen and oxygen atoms in total. The third kappa shape index (κ3) is 14.7. The van der Waals surface area contributed by atoms with Crippen LogP contribution < -0.4 is 22.1 Å². The zero-order valence-electron chi connectivity index (χ0n) is 13.9. The highest BCUT2D eigenvalue weighted by Crippen LogP contribution is 2.01. The van der Waals surface area contributed by atoms with E-state index >= 15 is 0 Å². The van der Waals surface area contributed by atoms with Crippen molar-refractivity contribution in [2.75, 3.05) is 6.54 Å². The lowest BCUT2D eigenvalue weighted by atomic mass is 10.1. The second-order valence-corrected chi connectivity index (χ2v) is 5.10. The quantitative estimate of drug-likeness (QED) is 0.260. The van der Waals surface area contributed by atoms with Crippen LogP contribution in [0.1, 0.15) is 40.0 Å². The van der Waals surface area contributed by atoms with E-state index < -0.39 is 24.1 Å². The van der Waals surface area contributed by atoms with Crippen molar-refractivity contribution in [3.8, 4) is 0 Å². The average Bonchev–Trinajstić information content (AvgIpc) is 2.46. The van der Waals surface area contributed by atoms with Crippen molar-refractivity contribution in [3.63, 3.8) is 0 Å². The van der Waals surface area contributed by atoms with E-state index in [0.29, 0.717) is 19.3 Å². The van der Waals surface area contributed by atoms with Crippen LogP contribution in [-0.4, -0.2) is 53.8 Å². The van der Waals surface area contributed by atoms with E-state index in [4.69, 9.17) is 16.6 Å². The number of hydrogen-bond donors (Lipinski definition) is 5. The van der Waals surface area contributed by atoms with Gasteiger partial charge in [-0.15, -0.1) is 0 Å². The summed E-state index contributed by atoms with van der Waals surface area (Å²) in [7, 11) is 0. The average molecular weight is 332 g/mol. The Morgan fingerprint density at radius 1 is 1.17 bits per heavy atom. The molecule has 0 fully saturated rings. The Balaban J connectivity index is 0. The minimum atomic E-state index is -0.963. The molecule has 0 bridgehead atoms. The van der Waals surface area contributed by atoms with Crippen molar-refractivity contribution >= 4 is 24.1 Å². The SMILES string of the molecule is CC(=O)NC(CCCCN)C(=O)NC(C)C=O.CC(N)C(=O)O. The predicted octanol–water partition coefficient (Wildman–Crippen LogP) is -1.26. The number of nitrogens with two attached hydrogens (primary N) is 2. The lowest BCUT2D eigenvalue weighted by Crippen LogP contribution is -2.48. The predicted molar refractivity (Wildman–Crippen MR) is 85.5 cm³/mol. The van der Waals surface area contributed by atoms with Crippen molar-refractivity contribution in [2.45, 2.75) is 58.2 Å². The van der Waals surface area contributed by atoms with Crippen LogP contribution >= 0.6 is 0 Å². The molecule has 0 spiro atoms. The molecule has 2 amide bonds. The Morgan fingerprint density at radius 3 is 2.04 bits per heavy atom. The van der Waals surface area contributed by atoms with Gasteiger partial charge in [0, 0.05) is 6.92 Å². The Labute approximate surface area is 136 Å². The first-order valence-electron chi connectivity index (χ1n) is 7.36. The molecule has 3 atom stereocenters. The minimum Gasteiger partial charge on any atom is -0.480 e. The maximum Gasteiger partial charge on any atom is 0.320 e. The fourth-order valence-electron chi connectivity index (χ4n) is 1.37. The molecule has 0 aliphatic heterocycles. The highest BCUT2D eigenvalue weighted by atomic mass is 16.4. The number of carbonyl (C=O) groups is 4. The Kier molecular flexibility index (Phi) is 13.8. The van der Waals surface area contributed by atoms with Crippen LogP contribution in [0.25, 0.3) is 0 Å². The van der Waals surface area contributed by atoms with Crippen molar-refractivity contribution in [2.24, 2.45) is 11.5 Å². The van der Waals surface area contributed by atoms with Crippen molar-refractivity contribution in [1.29, 1.82) is 0 Å². The zero-order valence-corrected chi connectivity index (χ0v) is 13.9. The molecule has 3 unspecified atom stereocenters. The smallest absolute Gasteiger partial charge is 0.320 e. The summed E-state index contributed by atoms with van der Waals surface area (Å²) in [5.41, 5.74) is 10.2. The molecule has 0 saturated heterocycles. The molecular weight excluding hydrogens is 304 g/mol. The van der Waals surface area contributed by atoms with E-state index in [1.807, 2.05) is 0 Å². The van der Waals surface area contributed by atoms with Crippen molar-refractivity contribution in [3.05, 3.63) is 0 Å². The van der Waals surface area contributed by atoms with Crippen LogP contribution in [0.15, 0.2) is 0 Å². The van der Waals surface area contributed by atoms with Crippen LogP contribution in [0.2, 0.25) is 0 Å². The number of amides is 2. The molecule has 7 N–H and O–H groups in total. The molecule has 0 aromatic carbocycles. The van der Waals surface area contributed by atoms with Crippen LogP contribution in [0.3, 0.4) is 0 Å². The Morgan fingerprint density at radius 2 is 1.70 bits per heavy atom. The lowest BCUT2D eigenvalue weighted by Gasteiger charge is -2.18. The molecule has 0 aromatic heterocycles. The topological polar surface area (TPSA) is 165 Å². The maximum absolute atomic E-state index is 11.7. The summed E-state index contributed by atoms with van der Waals surface area (Å²) in [6.45, 7) is 4.91. The van der Waals surface area contributed by atoms with Gasteiger partial charge in [-0.1, -0.05) is 0 Å². The van der Waals surface area contributed by atoms with E-state index in [1.165, 1.54) is 13.8 Å². The van der Waals surface area contributed by atoms with E-state index in [2.05, 4.69) is 10.6 Å². The number of carbonyl (C=O) groups excluding carboxylic acids is 3. The summed E-state index contributed by atoms with van der Waals surface area (Å²) in [6, 6.07) is -1.88. The first-order chi connectivity index (χ1) is 10.6. The molecule has 0 rings (SSSR count). The van der Waals surface area contributed by atoms with Gasteiger partial charge in [-0.3, -0.25) is 14.4 Å². The maximum atomic E-state index is 11.7. The molecule has 0 heterocycles. The summed E-state index contributed by atoms with van der Waals surface area (Å²) in [5, 5.41) is 12.9. The van der Waals surface area contributed by atoms with E-state index in [9.17, 15) is 19.2 Å². The standard InChI is InChI=1S/C11H21N3O3.C3H7NO2/c1-8(7-15)13-11(17)10(14-9(2)16)5-3-4-6-12;1-2(4)3(5)6/h7-8,10H,3-6,12H2,1-2H3,(H,13,17)(H,14,16);2H,4H2,1H3,(H,5,6). The second-order valence-electron chi connectivity index (χ2n) is 5.10. The molecule has 23 heavy (non-hydrogen) atoms. The van der Waals surface area contributed by atoms with Gasteiger partial charge in [0.2, 0.25) is 11.8 Å². The third-order valence-corrected chi connectivity index (χ3v) is 2.60. The monoisotopic (exact) mass is 332 g/mol. The van der Waals surface area contributed by atoms with E-state index in [-0.39, 0.29) is 11.8 Å². The number of aldehydes is 1. The largest absolute Gasteiger partial charge is 0.480 e. The van der Waals surface area contributed by atoms with Gasteiger partial charge in [0.15, 0.2) is 0 Å². The Bertz CT molecular complexity index is 387. The van der Waals surface area contributed by atoms with E-state index in [0.717, 1.165) is 12.8 Å². The Hall–Kier alpha value is -2.00. The van der Waals surface area contributed by atoms with Gasteiger partial charge in [-0.25, -0.2) is 0 Å². The fourth-order valence-corrected chi connectivity index (χ4v) is 1.37. The van der Waals surface area contributed by atoms with Crippen LogP contribution in [0.4, 0.5) is 0 Å². The molecule has 134 valence electrons. The van der Waals surface area contributed by atoms with E-state index in [1.54, 1.807) is 6.92 Å². The summed E-state index contributed by atoms with van der Waals surface area (Å²) in [5.74, 6) is -1.57. The van der Waals surface area contributed by atoms with Gasteiger partial charge < -0.3 is 32.0 Å². The highest BCUT2D eigenvalue weighted by Gasteiger charge is 2.19. The number of hydrogen-bond acceptors (Lipinski definition) is 6. The molecule has 9 heteroatoms. The van der Waals surface area contributed by atoms with Crippen molar-refractivity contribution < 1.29 is 24.3 Å². The summed E-state index contributed by atoms with van der Waals surface area (Å²) < 4.78 is 0. The van der Waals surface area contributed by atoms with Gasteiger partial charge in [0.05, 0.1) is 6.04 Å². The lowest BCUT2D eigenvalue weighted by molar-refractivity contribution is -0.138. The number of carboxylic acid groups (broad SMARTS) is 1. The van der Waals surface area contributed by atoms with Gasteiger partial charge in [0.25, 0.3) is 0 Å². The molecule has 0 radical (unpaired) electrons. The number of unbranched alkanes of at least 4 members (excludes halogenated alkanes) is 1. The third-order valence-electron chi connectivity index (χ3n) is 2.60. The number of carboxylic acids is 1. The highest BCUT2D eigenvalue weighted by molar-refractivity contribution is 5.88. The first-order valence-corrected chi connectivity index (χ1v) is 7.36. The number of rotatable bonds is 9. The minimum absolute atomic E-state index is 0.267. The fraction of sp³-hybridized carbons (Fsp3) is 0.714. The molecular formula is C14H28N4O5. The first kappa shape index (κ1) is 23.3. The van der Waals surface area contributed by atoms with Crippen LogP contribution in [0, 0.1) is 0 Å². The second kappa shape index (κ2) is 13.6. The molecule has 0 aliphatic rings. The molecule has 0 aliphatic carbocycles. The summed E-state index contributed by atoms with van der Waals surface area (Å²) in [6.07, 6.45) is 2.72. The van der Waals surface area contributed by atoms with Crippen LogP contribution in [0.5, 0.6) is 0 Å². The van der Waals surface area contributed by atoms with Gasteiger partial charge in [-0.05, 0) is 39.7 Å². The van der Waals surface area contributed by atoms with Gasteiger partial charge in [0.1, 0.15) is 18.4 Å². The molecule has 0 aromatic rings. The van der Waals surface area contributed by atoms with Gasteiger partial charge in [-0.2, -0.15) is 0 Å². The molecule has 0 saturated carbocycles. The normalized spacial score (nSPS) is 13.6. The van der Waals surface area contributed by atoms with Crippen molar-refractivity contribution in [1.82, 2.24) is 10.6 Å². The number of nitrogens with one attached hydrogen (secondary N) is 2. The summed E-state index contributed by atoms with van der Waals surface area (Å²) in [4.78, 5) is 42.7. The number of aliphatic carboxylic acids is 1. The van der Waals surface area contributed by atoms with Gasteiger partial charge >= 0.3 is 5.97 Å². The zero-order chi connectivity index (χ0) is 18.4. The van der Waals surface area contributed by atoms with Crippen LogP contribution in [-0.2, 0) is 19.2 Å². The summed E-state index contributed by atoms with van der Waals surface area (Å²) >= 11 is 0.